The van der Waals surface area contributed by atoms with Crippen LogP contribution in [0.25, 0.3) is 0 Å². The molecule has 0 radical (unpaired) electrons. The van der Waals surface area contributed by atoms with E-state index in [4.69, 9.17) is 0 Å². The van der Waals surface area contributed by atoms with Crippen LogP contribution in [0.1, 0.15) is 30.7 Å². The van der Waals surface area contributed by atoms with Crippen molar-refractivity contribution in [3.8, 4) is 0 Å². The summed E-state index contributed by atoms with van der Waals surface area (Å²) in [5, 5.41) is 5.08. The highest BCUT2D eigenvalue weighted by Gasteiger charge is 2.33. The molecule has 1 N–H and O–H groups in total. The third kappa shape index (κ3) is 2.10. The van der Waals surface area contributed by atoms with Gasteiger partial charge in [-0.25, -0.2) is 0 Å². The molecule has 0 bridgehead atoms. The first kappa shape index (κ1) is 8.75. The predicted octanol–water partition coefficient (Wildman–Crippen LogP) is 2.34. The lowest BCUT2D eigenvalue weighted by atomic mass is 10.1. The Bertz CT molecular complexity index is 290. The van der Waals surface area contributed by atoms with Gasteiger partial charge in [-0.15, -0.1) is 11.3 Å². The summed E-state index contributed by atoms with van der Waals surface area (Å²) in [7, 11) is 0. The summed E-state index contributed by atoms with van der Waals surface area (Å²) in [4.78, 5) is 12.3. The van der Waals surface area contributed by atoms with Crippen molar-refractivity contribution in [2.45, 2.75) is 25.8 Å². The number of hydrogen-bond acceptors (Lipinski definition) is 2. The monoisotopic (exact) mass is 195 g/mol. The van der Waals surface area contributed by atoms with Gasteiger partial charge in [0, 0.05) is 11.8 Å². The normalized spacial score (nSPS) is 18.2. The first-order chi connectivity index (χ1) is 6.27. The van der Waals surface area contributed by atoms with Crippen molar-refractivity contribution < 1.29 is 4.79 Å². The Kier molecular flexibility index (Phi) is 2.36. The Morgan fingerprint density at radius 2 is 2.46 bits per heavy atom. The molecule has 1 fully saturated rings. The summed E-state index contributed by atoms with van der Waals surface area (Å²) in [5.74, 6) is 0.757. The SMILES string of the molecule is CC(=O)NC(c1cccs1)C1CC1. The second-order valence-corrected chi connectivity index (χ2v) is 4.51. The predicted molar refractivity (Wildman–Crippen MR) is 53.6 cm³/mol. The maximum absolute atomic E-state index is 11.0. The number of rotatable bonds is 3. The molecule has 1 atom stereocenters. The molecule has 1 aliphatic rings. The largest absolute Gasteiger partial charge is 0.348 e. The average Bonchev–Trinajstić information content (AvgIpc) is 2.77. The molecule has 2 nitrogen and oxygen atoms in total. The molecule has 13 heavy (non-hydrogen) atoms. The molecule has 2 rings (SSSR count). The summed E-state index contributed by atoms with van der Waals surface area (Å²) >= 11 is 1.73. The van der Waals surface area contributed by atoms with Gasteiger partial charge in [-0.1, -0.05) is 6.07 Å². The smallest absolute Gasteiger partial charge is 0.217 e. The maximum Gasteiger partial charge on any atom is 0.217 e. The van der Waals surface area contributed by atoms with Crippen LogP contribution < -0.4 is 5.32 Å². The van der Waals surface area contributed by atoms with Crippen LogP contribution in [-0.2, 0) is 4.79 Å². The van der Waals surface area contributed by atoms with Crippen LogP contribution in [-0.4, -0.2) is 5.91 Å². The molecule has 70 valence electrons. The van der Waals surface area contributed by atoms with Crippen LogP contribution in [0.2, 0.25) is 0 Å². The fourth-order valence-electron chi connectivity index (χ4n) is 1.54. The Hall–Kier alpha value is -0.830. The minimum atomic E-state index is 0.0744. The van der Waals surface area contributed by atoms with Gasteiger partial charge in [0.2, 0.25) is 5.91 Å². The third-order valence-electron chi connectivity index (χ3n) is 2.30. The van der Waals surface area contributed by atoms with E-state index in [2.05, 4.69) is 16.8 Å². The Labute approximate surface area is 82.0 Å². The van der Waals surface area contributed by atoms with Gasteiger partial charge < -0.3 is 5.32 Å². The quantitative estimate of drug-likeness (QED) is 0.788. The molecule has 0 saturated heterocycles. The molecular formula is C10H13NOS. The summed E-state index contributed by atoms with van der Waals surface area (Å²) in [6.07, 6.45) is 2.51. The Balaban J connectivity index is 2.09. The highest BCUT2D eigenvalue weighted by atomic mass is 32.1. The van der Waals surface area contributed by atoms with Gasteiger partial charge >= 0.3 is 0 Å². The van der Waals surface area contributed by atoms with Gasteiger partial charge in [0.15, 0.2) is 0 Å². The van der Waals surface area contributed by atoms with Crippen molar-refractivity contribution >= 4 is 17.2 Å². The molecule has 3 heteroatoms. The fraction of sp³-hybridized carbons (Fsp3) is 0.500. The van der Waals surface area contributed by atoms with Crippen molar-refractivity contribution in [2.24, 2.45) is 5.92 Å². The van der Waals surface area contributed by atoms with E-state index in [1.807, 2.05) is 6.07 Å². The number of amides is 1. The lowest BCUT2D eigenvalue weighted by Crippen LogP contribution is -2.26. The third-order valence-corrected chi connectivity index (χ3v) is 3.26. The number of carbonyl (C=O) groups is 1. The molecule has 1 aromatic heterocycles. The van der Waals surface area contributed by atoms with Gasteiger partial charge in [-0.2, -0.15) is 0 Å². The Morgan fingerprint density at radius 1 is 1.69 bits per heavy atom. The van der Waals surface area contributed by atoms with Crippen molar-refractivity contribution in [3.63, 3.8) is 0 Å². The molecule has 1 aromatic rings. The summed E-state index contributed by atoms with van der Waals surface area (Å²) in [6.45, 7) is 1.59. The first-order valence-electron chi connectivity index (χ1n) is 4.58. The van der Waals surface area contributed by atoms with Crippen LogP contribution in [0.15, 0.2) is 17.5 Å². The zero-order valence-corrected chi connectivity index (χ0v) is 8.43. The van der Waals surface area contributed by atoms with Crippen molar-refractivity contribution in [1.82, 2.24) is 5.32 Å². The number of carbonyl (C=O) groups excluding carboxylic acids is 1. The maximum atomic E-state index is 11.0. The van der Waals surface area contributed by atoms with E-state index >= 15 is 0 Å². The van der Waals surface area contributed by atoms with E-state index in [0.717, 1.165) is 0 Å². The van der Waals surface area contributed by atoms with E-state index < -0.39 is 0 Å². The van der Waals surface area contributed by atoms with Crippen LogP contribution in [0.4, 0.5) is 0 Å². The van der Waals surface area contributed by atoms with Gasteiger partial charge in [-0.3, -0.25) is 4.79 Å². The average molecular weight is 195 g/mol. The first-order valence-corrected chi connectivity index (χ1v) is 5.46. The van der Waals surface area contributed by atoms with Crippen molar-refractivity contribution in [3.05, 3.63) is 22.4 Å². The zero-order valence-electron chi connectivity index (χ0n) is 7.62. The highest BCUT2D eigenvalue weighted by Crippen LogP contribution is 2.42. The lowest BCUT2D eigenvalue weighted by Gasteiger charge is -2.14. The van der Waals surface area contributed by atoms with Gasteiger partial charge in [-0.05, 0) is 30.2 Å². The number of hydrogen-bond donors (Lipinski definition) is 1. The van der Waals surface area contributed by atoms with E-state index in [0.29, 0.717) is 5.92 Å². The van der Waals surface area contributed by atoms with Crippen LogP contribution in [0.5, 0.6) is 0 Å². The van der Waals surface area contributed by atoms with E-state index in [9.17, 15) is 4.79 Å². The van der Waals surface area contributed by atoms with Gasteiger partial charge in [0.05, 0.1) is 6.04 Å². The van der Waals surface area contributed by atoms with Crippen LogP contribution in [0, 0.1) is 5.92 Å². The minimum absolute atomic E-state index is 0.0744. The molecular weight excluding hydrogens is 182 g/mol. The topological polar surface area (TPSA) is 29.1 Å². The minimum Gasteiger partial charge on any atom is -0.348 e. The second kappa shape index (κ2) is 3.50. The summed E-state index contributed by atoms with van der Waals surface area (Å²) in [5.41, 5.74) is 0. The fourth-order valence-corrected chi connectivity index (χ4v) is 2.41. The molecule has 0 aliphatic heterocycles. The zero-order chi connectivity index (χ0) is 9.26. The molecule has 1 heterocycles. The van der Waals surface area contributed by atoms with E-state index in [-0.39, 0.29) is 11.9 Å². The van der Waals surface area contributed by atoms with Gasteiger partial charge in [0.25, 0.3) is 0 Å². The standard InChI is InChI=1S/C10H13NOS/c1-7(12)11-10(8-4-5-8)9-3-2-6-13-9/h2-3,6,8,10H,4-5H2,1H3,(H,11,12). The van der Waals surface area contributed by atoms with E-state index in [1.165, 1.54) is 17.7 Å². The summed E-state index contributed by atoms with van der Waals surface area (Å²) in [6, 6.07) is 4.42. The van der Waals surface area contributed by atoms with Crippen molar-refractivity contribution in [2.75, 3.05) is 0 Å². The van der Waals surface area contributed by atoms with Crippen LogP contribution in [0.3, 0.4) is 0 Å². The van der Waals surface area contributed by atoms with Crippen molar-refractivity contribution in [1.29, 1.82) is 0 Å². The molecule has 1 aliphatic carbocycles. The molecule has 0 aromatic carbocycles. The number of thiophene rings is 1. The number of nitrogens with one attached hydrogen (secondary N) is 1. The molecule has 1 amide bonds. The highest BCUT2D eigenvalue weighted by molar-refractivity contribution is 7.10. The summed E-state index contributed by atoms with van der Waals surface area (Å²) < 4.78 is 0. The Morgan fingerprint density at radius 3 is 2.92 bits per heavy atom. The molecule has 1 saturated carbocycles. The van der Waals surface area contributed by atoms with E-state index in [1.54, 1.807) is 18.3 Å². The molecule has 0 spiro atoms. The molecule has 1 unspecified atom stereocenters. The van der Waals surface area contributed by atoms with Gasteiger partial charge in [0.1, 0.15) is 0 Å². The van der Waals surface area contributed by atoms with Crippen LogP contribution >= 0.6 is 11.3 Å². The second-order valence-electron chi connectivity index (χ2n) is 3.53. The lowest BCUT2D eigenvalue weighted by molar-refractivity contribution is -0.119.